The Kier molecular flexibility index (Phi) is 4.79. The van der Waals surface area contributed by atoms with Crippen LogP contribution < -0.4 is 5.32 Å². The molecule has 1 aromatic carbocycles. The Morgan fingerprint density at radius 2 is 1.87 bits per heavy atom. The van der Waals surface area contributed by atoms with Crippen LogP contribution in [0.5, 0.6) is 0 Å². The summed E-state index contributed by atoms with van der Waals surface area (Å²) in [7, 11) is 0. The van der Waals surface area contributed by atoms with Crippen molar-refractivity contribution in [2.45, 2.75) is 26.2 Å². The molecule has 1 aromatic heterocycles. The van der Waals surface area contributed by atoms with Gasteiger partial charge in [0.15, 0.2) is 0 Å². The topological polar surface area (TPSA) is 79.3 Å². The highest BCUT2D eigenvalue weighted by Gasteiger charge is 2.23. The number of aromatic nitrogens is 1. The van der Waals surface area contributed by atoms with Gasteiger partial charge in [-0.3, -0.25) is 4.79 Å². The predicted octanol–water partition coefficient (Wildman–Crippen LogP) is 2.80. The van der Waals surface area contributed by atoms with Crippen LogP contribution in [0.2, 0.25) is 0 Å². The summed E-state index contributed by atoms with van der Waals surface area (Å²) in [5.74, 6) is -1.38. The van der Waals surface area contributed by atoms with Gasteiger partial charge in [-0.05, 0) is 30.2 Å². The van der Waals surface area contributed by atoms with Gasteiger partial charge in [0.1, 0.15) is 5.69 Å². The number of carbonyl (C=O) groups excluding carboxylic acids is 1. The highest BCUT2D eigenvalue weighted by Crippen LogP contribution is 2.25. The van der Waals surface area contributed by atoms with E-state index in [4.69, 9.17) is 5.11 Å². The number of carboxylic acid groups (broad SMARTS) is 1. The van der Waals surface area contributed by atoms with E-state index in [-0.39, 0.29) is 17.0 Å². The minimum atomic E-state index is -1.11. The summed E-state index contributed by atoms with van der Waals surface area (Å²) < 4.78 is 0. The van der Waals surface area contributed by atoms with Gasteiger partial charge in [-0.15, -0.1) is 0 Å². The number of nitrogens with zero attached hydrogens (tertiary/aromatic N) is 1. The number of aryl methyl sites for hydroxylation is 1. The zero-order chi connectivity index (χ0) is 17.0. The average molecular weight is 312 g/mol. The van der Waals surface area contributed by atoms with E-state index in [1.807, 2.05) is 25.1 Å². The summed E-state index contributed by atoms with van der Waals surface area (Å²) in [4.78, 5) is 26.7. The molecule has 0 aliphatic carbocycles. The highest BCUT2D eigenvalue weighted by molar-refractivity contribution is 5.94. The Balaban J connectivity index is 2.06. The van der Waals surface area contributed by atoms with Crippen molar-refractivity contribution >= 4 is 11.9 Å². The summed E-state index contributed by atoms with van der Waals surface area (Å²) >= 11 is 0. The van der Waals surface area contributed by atoms with E-state index in [1.54, 1.807) is 0 Å². The van der Waals surface area contributed by atoms with E-state index < -0.39 is 5.97 Å². The lowest BCUT2D eigenvalue weighted by molar-refractivity contribution is 0.0689. The molecular formula is C18H20N2O3. The quantitative estimate of drug-likeness (QED) is 0.889. The molecule has 5 heteroatoms. The molecular weight excluding hydrogens is 292 g/mol. The molecule has 0 bridgehead atoms. The highest BCUT2D eigenvalue weighted by atomic mass is 16.4. The van der Waals surface area contributed by atoms with Crippen molar-refractivity contribution in [2.24, 2.45) is 0 Å². The first-order chi connectivity index (χ1) is 10.8. The minimum Gasteiger partial charge on any atom is -0.477 e. The summed E-state index contributed by atoms with van der Waals surface area (Å²) in [5.41, 5.74) is 2.41. The molecule has 120 valence electrons. The Morgan fingerprint density at radius 3 is 2.43 bits per heavy atom. The third-order valence-electron chi connectivity index (χ3n) is 3.81. The number of rotatable bonds is 5. The van der Waals surface area contributed by atoms with Crippen LogP contribution in [0.3, 0.4) is 0 Å². The molecule has 0 fully saturated rings. The van der Waals surface area contributed by atoms with E-state index in [9.17, 15) is 9.59 Å². The van der Waals surface area contributed by atoms with Gasteiger partial charge in [0.05, 0.1) is 5.56 Å². The Bertz CT molecular complexity index is 721. The fourth-order valence-corrected chi connectivity index (χ4v) is 2.49. The molecule has 2 aromatic rings. The maximum Gasteiger partial charge on any atom is 0.354 e. The number of carbonyl (C=O) groups is 2. The number of hydrogen-bond donors (Lipinski definition) is 2. The second-order valence-electron chi connectivity index (χ2n) is 6.12. The molecule has 2 N–H and O–H groups in total. The SMILES string of the molecule is Cc1ccccc1C(C)(C)CNC(=O)c1ccc(C(=O)O)nc1. The molecule has 0 saturated heterocycles. The second kappa shape index (κ2) is 6.60. The smallest absolute Gasteiger partial charge is 0.354 e. The molecule has 0 radical (unpaired) electrons. The van der Waals surface area contributed by atoms with Crippen LogP contribution in [0.4, 0.5) is 0 Å². The Morgan fingerprint density at radius 1 is 1.17 bits per heavy atom. The van der Waals surface area contributed by atoms with Crippen LogP contribution in [0, 0.1) is 6.92 Å². The number of pyridine rings is 1. The summed E-state index contributed by atoms with van der Waals surface area (Å²) in [6, 6.07) is 10.9. The zero-order valence-corrected chi connectivity index (χ0v) is 13.5. The number of hydrogen-bond acceptors (Lipinski definition) is 3. The molecule has 1 heterocycles. The fourth-order valence-electron chi connectivity index (χ4n) is 2.49. The Hall–Kier alpha value is -2.69. The standard InChI is InChI=1S/C18H20N2O3/c1-12-6-4-5-7-14(12)18(2,3)11-20-16(21)13-8-9-15(17(22)23)19-10-13/h4-10H,11H2,1-3H3,(H,20,21)(H,22,23). The first-order valence-electron chi connectivity index (χ1n) is 7.35. The lowest BCUT2D eigenvalue weighted by atomic mass is 9.82. The van der Waals surface area contributed by atoms with Gasteiger partial charge in [0.2, 0.25) is 0 Å². The van der Waals surface area contributed by atoms with E-state index in [0.717, 1.165) is 0 Å². The van der Waals surface area contributed by atoms with Crippen LogP contribution in [-0.2, 0) is 5.41 Å². The third kappa shape index (κ3) is 3.94. The molecule has 2 rings (SSSR count). The largest absolute Gasteiger partial charge is 0.477 e. The number of benzene rings is 1. The van der Waals surface area contributed by atoms with Crippen molar-refractivity contribution in [3.8, 4) is 0 Å². The van der Waals surface area contributed by atoms with Crippen molar-refractivity contribution in [1.29, 1.82) is 0 Å². The van der Waals surface area contributed by atoms with Gasteiger partial charge in [0.25, 0.3) is 5.91 Å². The molecule has 0 saturated carbocycles. The van der Waals surface area contributed by atoms with Crippen molar-refractivity contribution in [2.75, 3.05) is 6.54 Å². The van der Waals surface area contributed by atoms with Crippen molar-refractivity contribution < 1.29 is 14.7 Å². The van der Waals surface area contributed by atoms with Crippen LogP contribution in [0.1, 0.15) is 45.8 Å². The van der Waals surface area contributed by atoms with E-state index >= 15 is 0 Å². The first-order valence-corrected chi connectivity index (χ1v) is 7.35. The van der Waals surface area contributed by atoms with Gasteiger partial charge in [-0.25, -0.2) is 9.78 Å². The molecule has 23 heavy (non-hydrogen) atoms. The lowest BCUT2D eigenvalue weighted by Crippen LogP contribution is -2.37. The van der Waals surface area contributed by atoms with Gasteiger partial charge in [-0.2, -0.15) is 0 Å². The summed E-state index contributed by atoms with van der Waals surface area (Å²) in [5, 5.41) is 11.7. The third-order valence-corrected chi connectivity index (χ3v) is 3.81. The number of carboxylic acids is 1. The normalized spacial score (nSPS) is 11.1. The van der Waals surface area contributed by atoms with Gasteiger partial charge < -0.3 is 10.4 Å². The minimum absolute atomic E-state index is 0.0817. The fraction of sp³-hybridized carbons (Fsp3) is 0.278. The maximum absolute atomic E-state index is 12.2. The van der Waals surface area contributed by atoms with E-state index in [1.165, 1.54) is 29.5 Å². The van der Waals surface area contributed by atoms with Crippen LogP contribution in [0.25, 0.3) is 0 Å². The first kappa shape index (κ1) is 16.7. The monoisotopic (exact) mass is 312 g/mol. The van der Waals surface area contributed by atoms with Crippen LogP contribution >= 0.6 is 0 Å². The molecule has 5 nitrogen and oxygen atoms in total. The van der Waals surface area contributed by atoms with Crippen molar-refractivity contribution in [3.63, 3.8) is 0 Å². The maximum atomic E-state index is 12.2. The molecule has 0 spiro atoms. The average Bonchev–Trinajstić information content (AvgIpc) is 2.53. The van der Waals surface area contributed by atoms with Crippen molar-refractivity contribution in [1.82, 2.24) is 10.3 Å². The predicted molar refractivity (Wildman–Crippen MR) is 87.7 cm³/mol. The number of amides is 1. The number of aromatic carboxylic acids is 1. The van der Waals surface area contributed by atoms with Gasteiger partial charge in [-0.1, -0.05) is 38.1 Å². The van der Waals surface area contributed by atoms with Gasteiger partial charge >= 0.3 is 5.97 Å². The Labute approximate surface area is 135 Å². The summed E-state index contributed by atoms with van der Waals surface area (Å²) in [6.07, 6.45) is 1.28. The number of nitrogens with one attached hydrogen (secondary N) is 1. The molecule has 0 unspecified atom stereocenters. The lowest BCUT2D eigenvalue weighted by Gasteiger charge is -2.27. The molecule has 1 amide bonds. The van der Waals surface area contributed by atoms with Crippen LogP contribution in [-0.4, -0.2) is 28.5 Å². The summed E-state index contributed by atoms with van der Waals surface area (Å²) in [6.45, 7) is 6.66. The molecule has 0 aliphatic heterocycles. The van der Waals surface area contributed by atoms with Crippen molar-refractivity contribution in [3.05, 3.63) is 65.0 Å². The van der Waals surface area contributed by atoms with Crippen LogP contribution in [0.15, 0.2) is 42.6 Å². The van der Waals surface area contributed by atoms with E-state index in [0.29, 0.717) is 12.1 Å². The van der Waals surface area contributed by atoms with Gasteiger partial charge in [0, 0.05) is 18.2 Å². The van der Waals surface area contributed by atoms with E-state index in [2.05, 4.69) is 30.2 Å². The molecule has 0 atom stereocenters. The zero-order valence-electron chi connectivity index (χ0n) is 13.5. The molecule has 0 aliphatic rings. The second-order valence-corrected chi connectivity index (χ2v) is 6.12.